The Morgan fingerprint density at radius 2 is 2.26 bits per heavy atom. The van der Waals surface area contributed by atoms with Crippen LogP contribution in [-0.4, -0.2) is 39.6 Å². The minimum atomic E-state index is -1.02. The first-order valence-corrected chi connectivity index (χ1v) is 10.5. The van der Waals surface area contributed by atoms with Crippen LogP contribution < -0.4 is 4.74 Å². The lowest BCUT2D eigenvalue weighted by atomic mass is 9.85. The molecule has 1 aromatic carbocycles. The van der Waals surface area contributed by atoms with Crippen molar-refractivity contribution in [2.45, 2.75) is 38.8 Å². The van der Waals surface area contributed by atoms with Crippen molar-refractivity contribution < 1.29 is 14.6 Å². The smallest absolute Gasteiger partial charge is 0.354 e. The Bertz CT molecular complexity index is 1130. The van der Waals surface area contributed by atoms with Crippen molar-refractivity contribution in [1.29, 1.82) is 0 Å². The summed E-state index contributed by atoms with van der Waals surface area (Å²) < 4.78 is 5.74. The third-order valence-electron chi connectivity index (χ3n) is 6.31. The van der Waals surface area contributed by atoms with E-state index in [1.54, 1.807) is 19.4 Å². The zero-order valence-corrected chi connectivity index (χ0v) is 17.9. The minimum absolute atomic E-state index is 0.0560. The standard InChI is InChI=1S/C25H27N3O3/c1-4-5-17-9-11-28(22(13-17)18-6-7-21(25(29)30)27-14-18)15-20-19-8-10-26-24(19)16(2)12-23(20)31-3/h1,6-8,10,12,14,17,22,26H,5,9,11,13,15H2,2-3H3,(H,29,30)/t17-,22-/m0/s1. The lowest BCUT2D eigenvalue weighted by Crippen LogP contribution is -2.36. The number of carboxylic acids is 1. The number of piperidine rings is 1. The van der Waals surface area contributed by atoms with Gasteiger partial charge in [0.2, 0.25) is 0 Å². The van der Waals surface area contributed by atoms with Gasteiger partial charge in [-0.05, 0) is 61.6 Å². The van der Waals surface area contributed by atoms with E-state index in [4.69, 9.17) is 11.2 Å². The number of carbonyl (C=O) groups is 1. The van der Waals surface area contributed by atoms with Gasteiger partial charge in [0, 0.05) is 47.9 Å². The summed E-state index contributed by atoms with van der Waals surface area (Å²) in [4.78, 5) is 21.1. The molecule has 1 aliphatic heterocycles. The molecule has 3 heterocycles. The van der Waals surface area contributed by atoms with Gasteiger partial charge in [-0.15, -0.1) is 12.3 Å². The van der Waals surface area contributed by atoms with Crippen LogP contribution in [0.1, 0.15) is 52.5 Å². The van der Waals surface area contributed by atoms with Crippen LogP contribution in [0.25, 0.3) is 10.9 Å². The molecular formula is C25H27N3O3. The highest BCUT2D eigenvalue weighted by atomic mass is 16.5. The Morgan fingerprint density at radius 3 is 2.94 bits per heavy atom. The Balaban J connectivity index is 1.70. The van der Waals surface area contributed by atoms with Crippen LogP contribution in [0.3, 0.4) is 0 Å². The molecule has 3 aromatic rings. The van der Waals surface area contributed by atoms with Crippen molar-refractivity contribution in [3.05, 3.63) is 59.0 Å². The summed E-state index contributed by atoms with van der Waals surface area (Å²) >= 11 is 0. The maximum atomic E-state index is 11.2. The molecule has 31 heavy (non-hydrogen) atoms. The molecule has 2 N–H and O–H groups in total. The van der Waals surface area contributed by atoms with Gasteiger partial charge >= 0.3 is 5.97 Å². The second kappa shape index (κ2) is 8.83. The van der Waals surface area contributed by atoms with E-state index in [-0.39, 0.29) is 11.7 Å². The van der Waals surface area contributed by atoms with Crippen LogP contribution in [0.5, 0.6) is 5.75 Å². The predicted octanol–water partition coefficient (Wildman–Crippen LogP) is 4.55. The topological polar surface area (TPSA) is 78.5 Å². The van der Waals surface area contributed by atoms with Crippen molar-refractivity contribution in [1.82, 2.24) is 14.9 Å². The van der Waals surface area contributed by atoms with Gasteiger partial charge in [0.1, 0.15) is 11.4 Å². The summed E-state index contributed by atoms with van der Waals surface area (Å²) in [7, 11) is 1.71. The largest absolute Gasteiger partial charge is 0.496 e. The Morgan fingerprint density at radius 1 is 1.42 bits per heavy atom. The number of pyridine rings is 1. The maximum absolute atomic E-state index is 11.2. The lowest BCUT2D eigenvalue weighted by molar-refractivity contribution is 0.0690. The van der Waals surface area contributed by atoms with Gasteiger partial charge < -0.3 is 14.8 Å². The van der Waals surface area contributed by atoms with E-state index in [9.17, 15) is 9.90 Å². The maximum Gasteiger partial charge on any atom is 0.354 e. The molecule has 6 heteroatoms. The Labute approximate surface area is 182 Å². The number of aryl methyl sites for hydroxylation is 1. The molecule has 1 aliphatic rings. The minimum Gasteiger partial charge on any atom is -0.496 e. The van der Waals surface area contributed by atoms with E-state index < -0.39 is 5.97 Å². The number of hydrogen-bond donors (Lipinski definition) is 2. The average Bonchev–Trinajstić information content (AvgIpc) is 3.27. The number of aromatic carboxylic acids is 1. The number of aromatic nitrogens is 2. The molecule has 0 spiro atoms. The normalized spacial score (nSPS) is 19.3. The average molecular weight is 418 g/mol. The van der Waals surface area contributed by atoms with Crippen molar-refractivity contribution in [2.24, 2.45) is 5.92 Å². The summed E-state index contributed by atoms with van der Waals surface area (Å²) in [5.41, 5.74) is 4.50. The number of benzene rings is 1. The fourth-order valence-corrected chi connectivity index (χ4v) is 4.69. The Hall–Kier alpha value is -3.30. The monoisotopic (exact) mass is 417 g/mol. The van der Waals surface area contributed by atoms with Crippen LogP contribution in [0.15, 0.2) is 36.7 Å². The second-order valence-electron chi connectivity index (χ2n) is 8.21. The summed E-state index contributed by atoms with van der Waals surface area (Å²) in [5, 5.41) is 10.4. The van der Waals surface area contributed by atoms with E-state index >= 15 is 0 Å². The van der Waals surface area contributed by atoms with E-state index in [0.29, 0.717) is 5.92 Å². The summed E-state index contributed by atoms with van der Waals surface area (Å²) in [6.45, 7) is 3.71. The molecule has 1 saturated heterocycles. The molecule has 0 unspecified atom stereocenters. The molecule has 6 nitrogen and oxygen atoms in total. The number of hydrogen-bond acceptors (Lipinski definition) is 4. The number of likely N-dealkylation sites (tertiary alicyclic amines) is 1. The number of nitrogens with one attached hydrogen (secondary N) is 1. The third kappa shape index (κ3) is 4.14. The fourth-order valence-electron chi connectivity index (χ4n) is 4.69. The molecule has 4 rings (SSSR count). The van der Waals surface area contributed by atoms with E-state index in [0.717, 1.165) is 60.3 Å². The molecule has 0 amide bonds. The van der Waals surface area contributed by atoms with Crippen LogP contribution >= 0.6 is 0 Å². The predicted molar refractivity (Wildman–Crippen MR) is 120 cm³/mol. The van der Waals surface area contributed by atoms with Gasteiger partial charge in [-0.1, -0.05) is 6.07 Å². The first kappa shape index (κ1) is 21.0. The molecule has 0 radical (unpaired) electrons. The number of terminal acetylenes is 1. The van der Waals surface area contributed by atoms with E-state index in [1.807, 2.05) is 12.3 Å². The molecule has 2 atom stereocenters. The summed E-state index contributed by atoms with van der Waals surface area (Å²) in [5.74, 6) is 3.12. The van der Waals surface area contributed by atoms with Crippen molar-refractivity contribution >= 4 is 16.9 Å². The van der Waals surface area contributed by atoms with Crippen molar-refractivity contribution in [2.75, 3.05) is 13.7 Å². The highest BCUT2D eigenvalue weighted by Crippen LogP contribution is 2.39. The van der Waals surface area contributed by atoms with Gasteiger partial charge in [-0.3, -0.25) is 4.90 Å². The first-order valence-electron chi connectivity index (χ1n) is 10.5. The number of nitrogens with zero attached hydrogens (tertiary/aromatic N) is 2. The van der Waals surface area contributed by atoms with Gasteiger partial charge in [0.05, 0.1) is 7.11 Å². The van der Waals surface area contributed by atoms with Gasteiger partial charge in [-0.25, -0.2) is 9.78 Å². The summed E-state index contributed by atoms with van der Waals surface area (Å²) in [6.07, 6.45) is 12.0. The van der Waals surface area contributed by atoms with Crippen LogP contribution in [0.4, 0.5) is 0 Å². The number of aromatic amines is 1. The second-order valence-corrected chi connectivity index (χ2v) is 8.21. The highest BCUT2D eigenvalue weighted by molar-refractivity contribution is 5.88. The SMILES string of the molecule is C#CC[C@H]1CCN(Cc2c(OC)cc(C)c3[nH]ccc23)[C@H](c2ccc(C(=O)O)nc2)C1. The third-order valence-corrected chi connectivity index (χ3v) is 6.31. The number of H-pyrrole nitrogens is 1. The number of rotatable bonds is 6. The van der Waals surface area contributed by atoms with Gasteiger partial charge in [0.25, 0.3) is 0 Å². The zero-order chi connectivity index (χ0) is 22.0. The molecule has 2 aromatic heterocycles. The number of carboxylic acid groups (broad SMARTS) is 1. The van der Waals surface area contributed by atoms with Crippen molar-refractivity contribution in [3.63, 3.8) is 0 Å². The summed E-state index contributed by atoms with van der Waals surface area (Å²) in [6, 6.07) is 7.76. The van der Waals surface area contributed by atoms with Gasteiger partial charge in [-0.2, -0.15) is 0 Å². The molecule has 1 fully saturated rings. The van der Waals surface area contributed by atoms with Gasteiger partial charge in [0.15, 0.2) is 0 Å². The number of fused-ring (bicyclic) bond motifs is 1. The van der Waals surface area contributed by atoms with Crippen LogP contribution in [0.2, 0.25) is 0 Å². The molecule has 0 aliphatic carbocycles. The quantitative estimate of drug-likeness (QED) is 0.575. The van der Waals surface area contributed by atoms with Crippen LogP contribution in [-0.2, 0) is 6.54 Å². The number of methoxy groups -OCH3 is 1. The van der Waals surface area contributed by atoms with Crippen molar-refractivity contribution in [3.8, 4) is 18.1 Å². The Kier molecular flexibility index (Phi) is 5.97. The molecule has 0 bridgehead atoms. The highest BCUT2D eigenvalue weighted by Gasteiger charge is 2.31. The van der Waals surface area contributed by atoms with E-state index in [1.165, 1.54) is 5.39 Å². The van der Waals surface area contributed by atoms with E-state index in [2.05, 4.69) is 39.8 Å². The lowest BCUT2D eigenvalue weighted by Gasteiger charge is -2.39. The molecular weight excluding hydrogens is 390 g/mol. The fraction of sp³-hybridized carbons (Fsp3) is 0.360. The van der Waals surface area contributed by atoms with Crippen LogP contribution in [0, 0.1) is 25.2 Å². The zero-order valence-electron chi connectivity index (χ0n) is 17.9. The molecule has 0 saturated carbocycles. The molecule has 160 valence electrons. The first-order chi connectivity index (χ1) is 15.0. The number of ether oxygens (including phenoxy) is 1.